The lowest BCUT2D eigenvalue weighted by molar-refractivity contribution is -0.129. The third kappa shape index (κ3) is 6.85. The first kappa shape index (κ1) is 25.7. The number of tetrazole rings is 1. The summed E-state index contributed by atoms with van der Waals surface area (Å²) in [6.07, 6.45) is 4.65. The standard InChI is InChI=1S/C26H30N8O3/c1-2-3-9-23-27-16-22(34(23)17-19-10-12-20(13-11-19)25-29-32-33-30-25)26(36)28-21(15-24(35)31-37)14-18-7-5-4-6-8-18/h4-8,10-13,16,21,37H,2-3,9,14-15,17H2,1H3,(H,28,36)(H,31,35)(H,29,30,32,33)/t21-/m1/s1. The zero-order valence-corrected chi connectivity index (χ0v) is 20.6. The van der Waals surface area contributed by atoms with Crippen molar-refractivity contribution in [3.05, 3.63) is 83.4 Å². The van der Waals surface area contributed by atoms with E-state index in [0.29, 0.717) is 24.5 Å². The monoisotopic (exact) mass is 502 g/mol. The molecule has 1 atom stereocenters. The predicted octanol–water partition coefficient (Wildman–Crippen LogP) is 2.69. The maximum atomic E-state index is 13.4. The van der Waals surface area contributed by atoms with Crippen LogP contribution < -0.4 is 10.8 Å². The third-order valence-corrected chi connectivity index (χ3v) is 6.04. The van der Waals surface area contributed by atoms with E-state index >= 15 is 0 Å². The van der Waals surface area contributed by atoms with Gasteiger partial charge in [-0.1, -0.05) is 67.9 Å². The quantitative estimate of drug-likeness (QED) is 0.172. The molecule has 2 aromatic heterocycles. The first-order valence-electron chi connectivity index (χ1n) is 12.2. The summed E-state index contributed by atoms with van der Waals surface area (Å²) in [6, 6.07) is 16.8. The Morgan fingerprint density at radius 2 is 1.86 bits per heavy atom. The molecule has 2 aromatic carbocycles. The van der Waals surface area contributed by atoms with E-state index in [0.717, 1.165) is 41.8 Å². The van der Waals surface area contributed by atoms with E-state index in [1.54, 1.807) is 11.7 Å². The number of aromatic nitrogens is 6. The van der Waals surface area contributed by atoms with Crippen LogP contribution in [0.4, 0.5) is 0 Å². The molecule has 0 spiro atoms. The summed E-state index contributed by atoms with van der Waals surface area (Å²) < 4.78 is 1.92. The van der Waals surface area contributed by atoms with E-state index in [9.17, 15) is 9.59 Å². The Kier molecular flexibility index (Phi) is 8.71. The van der Waals surface area contributed by atoms with Gasteiger partial charge in [-0.05, 0) is 29.2 Å². The second-order valence-electron chi connectivity index (χ2n) is 8.78. The molecule has 4 N–H and O–H groups in total. The predicted molar refractivity (Wildman–Crippen MR) is 136 cm³/mol. The van der Waals surface area contributed by atoms with Crippen molar-refractivity contribution in [3.63, 3.8) is 0 Å². The van der Waals surface area contributed by atoms with Gasteiger partial charge in [-0.15, -0.1) is 10.2 Å². The first-order chi connectivity index (χ1) is 18.1. The van der Waals surface area contributed by atoms with E-state index < -0.39 is 11.9 Å². The van der Waals surface area contributed by atoms with Crippen molar-refractivity contribution in [2.45, 2.75) is 51.6 Å². The number of hydrogen-bond acceptors (Lipinski definition) is 7. The highest BCUT2D eigenvalue weighted by molar-refractivity contribution is 5.93. The maximum absolute atomic E-state index is 13.4. The number of imidazole rings is 1. The molecule has 2 amide bonds. The molecule has 2 heterocycles. The fourth-order valence-corrected chi connectivity index (χ4v) is 4.13. The number of amides is 2. The second kappa shape index (κ2) is 12.5. The van der Waals surface area contributed by atoms with Crippen LogP contribution in [0.3, 0.4) is 0 Å². The topological polar surface area (TPSA) is 151 Å². The lowest BCUT2D eigenvalue weighted by atomic mass is 10.0. The minimum absolute atomic E-state index is 0.0640. The van der Waals surface area contributed by atoms with E-state index in [-0.39, 0.29) is 12.3 Å². The fourth-order valence-electron chi connectivity index (χ4n) is 4.13. The molecule has 192 valence electrons. The van der Waals surface area contributed by atoms with Gasteiger partial charge in [-0.3, -0.25) is 14.8 Å². The minimum atomic E-state index is -0.569. The Morgan fingerprint density at radius 3 is 2.54 bits per heavy atom. The normalized spacial score (nSPS) is 11.7. The van der Waals surface area contributed by atoms with Gasteiger partial charge < -0.3 is 9.88 Å². The zero-order chi connectivity index (χ0) is 26.0. The van der Waals surface area contributed by atoms with Gasteiger partial charge in [0, 0.05) is 31.0 Å². The number of hydrogen-bond donors (Lipinski definition) is 4. The summed E-state index contributed by atoms with van der Waals surface area (Å²) in [4.78, 5) is 29.9. The number of nitrogens with one attached hydrogen (secondary N) is 3. The number of rotatable bonds is 12. The number of H-pyrrole nitrogens is 1. The fraction of sp³-hybridized carbons (Fsp3) is 0.308. The minimum Gasteiger partial charge on any atom is -0.347 e. The van der Waals surface area contributed by atoms with Crippen molar-refractivity contribution in [3.8, 4) is 11.4 Å². The number of nitrogens with zero attached hydrogens (tertiary/aromatic N) is 5. The van der Waals surface area contributed by atoms with Crippen molar-refractivity contribution in [1.29, 1.82) is 0 Å². The van der Waals surface area contributed by atoms with Gasteiger partial charge in [0.1, 0.15) is 11.5 Å². The Morgan fingerprint density at radius 1 is 1.08 bits per heavy atom. The van der Waals surface area contributed by atoms with Gasteiger partial charge >= 0.3 is 0 Å². The van der Waals surface area contributed by atoms with Gasteiger partial charge in [0.25, 0.3) is 5.91 Å². The van der Waals surface area contributed by atoms with Crippen molar-refractivity contribution in [2.24, 2.45) is 0 Å². The summed E-state index contributed by atoms with van der Waals surface area (Å²) in [7, 11) is 0. The number of aromatic amines is 1. The number of carbonyl (C=O) groups excluding carboxylic acids is 2. The molecule has 0 bridgehead atoms. The Balaban J connectivity index is 1.55. The Labute approximate surface area is 214 Å². The van der Waals surface area contributed by atoms with Crippen LogP contribution in [0.2, 0.25) is 0 Å². The highest BCUT2D eigenvalue weighted by atomic mass is 16.5. The van der Waals surface area contributed by atoms with Gasteiger partial charge in [-0.25, -0.2) is 10.5 Å². The molecule has 0 unspecified atom stereocenters. The van der Waals surface area contributed by atoms with Crippen LogP contribution in [-0.2, 0) is 24.2 Å². The van der Waals surface area contributed by atoms with E-state index in [2.05, 4.69) is 37.8 Å². The summed E-state index contributed by atoms with van der Waals surface area (Å²) in [5.41, 5.74) is 4.86. The molecule has 0 saturated heterocycles. The van der Waals surface area contributed by atoms with Gasteiger partial charge in [-0.2, -0.15) is 5.21 Å². The van der Waals surface area contributed by atoms with Crippen LogP contribution in [0.25, 0.3) is 11.4 Å². The Hall–Kier alpha value is -4.38. The van der Waals surface area contributed by atoms with Crippen LogP contribution in [0.5, 0.6) is 0 Å². The van der Waals surface area contributed by atoms with E-state index in [1.807, 2.05) is 59.2 Å². The zero-order valence-electron chi connectivity index (χ0n) is 20.6. The van der Waals surface area contributed by atoms with E-state index in [1.165, 1.54) is 0 Å². The molecule has 11 heteroatoms. The van der Waals surface area contributed by atoms with Gasteiger partial charge in [0.15, 0.2) is 0 Å². The van der Waals surface area contributed by atoms with Crippen LogP contribution >= 0.6 is 0 Å². The third-order valence-electron chi connectivity index (χ3n) is 6.04. The summed E-state index contributed by atoms with van der Waals surface area (Å²) in [6.45, 7) is 2.56. The summed E-state index contributed by atoms with van der Waals surface area (Å²) in [5.74, 6) is 0.432. The number of hydroxylamine groups is 1. The average molecular weight is 503 g/mol. The van der Waals surface area contributed by atoms with Crippen molar-refractivity contribution in [1.82, 2.24) is 41.0 Å². The maximum Gasteiger partial charge on any atom is 0.269 e. The van der Waals surface area contributed by atoms with Crippen molar-refractivity contribution >= 4 is 11.8 Å². The highest BCUT2D eigenvalue weighted by Crippen LogP contribution is 2.18. The van der Waals surface area contributed by atoms with Crippen LogP contribution in [0, 0.1) is 0 Å². The summed E-state index contributed by atoms with van der Waals surface area (Å²) >= 11 is 0. The first-order valence-corrected chi connectivity index (χ1v) is 12.2. The number of benzene rings is 2. The molecular formula is C26H30N8O3. The van der Waals surface area contributed by atoms with Crippen LogP contribution in [0.1, 0.15) is 53.6 Å². The molecule has 0 saturated carbocycles. The molecule has 0 aliphatic heterocycles. The molecule has 0 aliphatic carbocycles. The summed E-state index contributed by atoms with van der Waals surface area (Å²) in [5, 5.41) is 26.1. The number of aryl methyl sites for hydroxylation is 1. The SMILES string of the molecule is CCCCc1ncc(C(=O)N[C@@H](CC(=O)NO)Cc2ccccc2)n1Cc1ccc(-c2nn[nH]n2)cc1. The smallest absolute Gasteiger partial charge is 0.269 e. The molecule has 0 aliphatic rings. The molecule has 11 nitrogen and oxygen atoms in total. The lowest BCUT2D eigenvalue weighted by Gasteiger charge is -2.19. The van der Waals surface area contributed by atoms with Crippen LogP contribution in [0.15, 0.2) is 60.8 Å². The molecule has 4 aromatic rings. The van der Waals surface area contributed by atoms with Crippen molar-refractivity contribution < 1.29 is 14.8 Å². The molecule has 0 fully saturated rings. The van der Waals surface area contributed by atoms with Crippen molar-refractivity contribution in [2.75, 3.05) is 0 Å². The molecule has 4 rings (SSSR count). The molecule has 37 heavy (non-hydrogen) atoms. The highest BCUT2D eigenvalue weighted by Gasteiger charge is 2.22. The number of unbranched alkanes of at least 4 members (excludes halogenated alkanes) is 1. The largest absolute Gasteiger partial charge is 0.347 e. The number of carbonyl (C=O) groups is 2. The molecular weight excluding hydrogens is 472 g/mol. The van der Waals surface area contributed by atoms with Gasteiger partial charge in [0.2, 0.25) is 11.7 Å². The second-order valence-corrected chi connectivity index (χ2v) is 8.78. The molecule has 0 radical (unpaired) electrons. The van der Waals surface area contributed by atoms with E-state index in [4.69, 9.17) is 5.21 Å². The lowest BCUT2D eigenvalue weighted by Crippen LogP contribution is -2.41. The van der Waals surface area contributed by atoms with Crippen LogP contribution in [-0.4, -0.2) is 53.2 Å². The Bertz CT molecular complexity index is 1290. The van der Waals surface area contributed by atoms with Gasteiger partial charge in [0.05, 0.1) is 6.20 Å². The average Bonchev–Trinajstić information content (AvgIpc) is 3.59.